The third kappa shape index (κ3) is 4.64. The summed E-state index contributed by atoms with van der Waals surface area (Å²) in [6.07, 6.45) is -5.41. The van der Waals surface area contributed by atoms with Crippen molar-refractivity contribution in [1.82, 2.24) is 25.5 Å². The summed E-state index contributed by atoms with van der Waals surface area (Å²) in [6.45, 7) is 0.420. The zero-order valence-electron chi connectivity index (χ0n) is 18.4. The molecule has 2 aliphatic heterocycles. The third-order valence-corrected chi connectivity index (χ3v) is 5.93. The molecule has 10 nitrogen and oxygen atoms in total. The van der Waals surface area contributed by atoms with E-state index in [0.29, 0.717) is 11.6 Å². The summed E-state index contributed by atoms with van der Waals surface area (Å²) >= 11 is 0. The predicted octanol–water partition coefficient (Wildman–Crippen LogP) is 2.90. The second-order valence-corrected chi connectivity index (χ2v) is 8.13. The first-order valence-corrected chi connectivity index (χ1v) is 10.7. The minimum absolute atomic E-state index is 0.0228. The monoisotopic (exact) mass is 490 g/mol. The minimum Gasteiger partial charge on any atom is -0.497 e. The summed E-state index contributed by atoms with van der Waals surface area (Å²) in [5.41, 5.74) is -0.0737. The van der Waals surface area contributed by atoms with Crippen LogP contribution < -0.4 is 15.4 Å². The number of amides is 2. The largest absolute Gasteiger partial charge is 0.497 e. The number of anilines is 1. The van der Waals surface area contributed by atoms with Crippen molar-refractivity contribution in [3.05, 3.63) is 54.1 Å². The first-order valence-electron chi connectivity index (χ1n) is 10.7. The number of carbonyl (C=O) groups is 1. The van der Waals surface area contributed by atoms with Crippen LogP contribution in [0.1, 0.15) is 11.6 Å². The molecule has 2 N–H and O–H groups in total. The van der Waals surface area contributed by atoms with E-state index in [1.165, 1.54) is 12.1 Å². The Bertz CT molecular complexity index is 1220. The molecular weight excluding hydrogens is 469 g/mol. The molecule has 184 valence electrons. The summed E-state index contributed by atoms with van der Waals surface area (Å²) in [5, 5.41) is 17.2. The Hall–Kier alpha value is -3.71. The van der Waals surface area contributed by atoms with Crippen molar-refractivity contribution in [3.63, 3.8) is 0 Å². The number of hydrogen-bond acceptors (Lipinski definition) is 7. The van der Waals surface area contributed by atoms with Crippen molar-refractivity contribution in [3.8, 4) is 17.1 Å². The molecule has 0 saturated carbocycles. The lowest BCUT2D eigenvalue weighted by Gasteiger charge is -2.18. The smallest absolute Gasteiger partial charge is 0.416 e. The van der Waals surface area contributed by atoms with Gasteiger partial charge in [-0.15, -0.1) is 5.10 Å². The van der Waals surface area contributed by atoms with E-state index in [2.05, 4.69) is 26.2 Å². The van der Waals surface area contributed by atoms with Gasteiger partial charge in [0.25, 0.3) is 0 Å². The van der Waals surface area contributed by atoms with Gasteiger partial charge in [-0.2, -0.15) is 13.2 Å². The lowest BCUT2D eigenvalue weighted by Crippen LogP contribution is -2.45. The number of hydrogen-bond donors (Lipinski definition) is 2. The number of methoxy groups -OCH3 is 1. The summed E-state index contributed by atoms with van der Waals surface area (Å²) in [6, 6.07) is 10.2. The molecule has 3 aromatic rings. The minimum atomic E-state index is -4.51. The van der Waals surface area contributed by atoms with Crippen LogP contribution in [0.15, 0.2) is 48.5 Å². The van der Waals surface area contributed by atoms with E-state index in [4.69, 9.17) is 14.2 Å². The number of aromatic nitrogens is 4. The van der Waals surface area contributed by atoms with E-state index < -0.39 is 36.0 Å². The molecule has 4 unspecified atom stereocenters. The molecule has 13 heteroatoms. The number of benzene rings is 2. The fraction of sp³-hybridized carbons (Fsp3) is 0.364. The van der Waals surface area contributed by atoms with Gasteiger partial charge in [0.1, 0.15) is 24.0 Å². The quantitative estimate of drug-likeness (QED) is 0.566. The maximum atomic E-state index is 12.9. The van der Waals surface area contributed by atoms with Crippen LogP contribution in [0.2, 0.25) is 0 Å². The van der Waals surface area contributed by atoms with E-state index in [9.17, 15) is 18.0 Å². The molecule has 2 saturated heterocycles. The average molecular weight is 490 g/mol. The summed E-state index contributed by atoms with van der Waals surface area (Å²) in [4.78, 5) is 12.5. The topological polar surface area (TPSA) is 112 Å². The zero-order chi connectivity index (χ0) is 24.6. The summed E-state index contributed by atoms with van der Waals surface area (Å²) in [7, 11) is 1.57. The molecule has 35 heavy (non-hydrogen) atoms. The standard InChI is InChI=1S/C22H21F3N6O4/c1-33-15-7-2-4-12(8-15)20-28-29-30-31(20)17-11-35-18-16(10-34-19(17)18)27-21(32)26-14-6-3-5-13(9-14)22(23,24)25/h2-9,16-19H,10-11H2,1H3,(H2,26,27,32). The molecule has 2 amide bonds. The molecule has 5 rings (SSSR count). The van der Waals surface area contributed by atoms with Gasteiger partial charge in [0, 0.05) is 11.3 Å². The summed E-state index contributed by atoms with van der Waals surface area (Å²) < 4.78 is 57.5. The Kier molecular flexibility index (Phi) is 6.03. The van der Waals surface area contributed by atoms with Gasteiger partial charge in [-0.1, -0.05) is 18.2 Å². The Morgan fingerprint density at radius 3 is 2.71 bits per heavy atom. The second kappa shape index (κ2) is 9.15. The normalized spacial score (nSPS) is 23.7. The molecule has 0 bridgehead atoms. The highest BCUT2D eigenvalue weighted by Crippen LogP contribution is 2.36. The van der Waals surface area contributed by atoms with Crippen molar-refractivity contribution in [2.45, 2.75) is 30.5 Å². The maximum Gasteiger partial charge on any atom is 0.416 e. The Morgan fingerprint density at radius 1 is 1.11 bits per heavy atom. The maximum absolute atomic E-state index is 12.9. The molecule has 3 heterocycles. The van der Waals surface area contributed by atoms with Crippen LogP contribution in [0.5, 0.6) is 5.75 Å². The fourth-order valence-corrected chi connectivity index (χ4v) is 4.29. The molecule has 1 aromatic heterocycles. The first-order chi connectivity index (χ1) is 16.8. The van der Waals surface area contributed by atoms with E-state index in [0.717, 1.165) is 17.7 Å². The Morgan fingerprint density at radius 2 is 1.91 bits per heavy atom. The van der Waals surface area contributed by atoms with Crippen LogP contribution >= 0.6 is 0 Å². The molecule has 0 aliphatic carbocycles. The number of fused-ring (bicyclic) bond motifs is 1. The Labute approximate surface area is 197 Å². The number of rotatable bonds is 5. The number of carbonyl (C=O) groups excluding carboxylic acids is 1. The second-order valence-electron chi connectivity index (χ2n) is 8.13. The van der Waals surface area contributed by atoms with Crippen molar-refractivity contribution in [2.24, 2.45) is 0 Å². The van der Waals surface area contributed by atoms with Crippen LogP contribution in [0, 0.1) is 0 Å². The molecule has 2 fully saturated rings. The molecule has 2 aromatic carbocycles. The van der Waals surface area contributed by atoms with E-state index in [1.54, 1.807) is 11.8 Å². The number of ether oxygens (including phenoxy) is 3. The number of alkyl halides is 3. The van der Waals surface area contributed by atoms with E-state index >= 15 is 0 Å². The highest BCUT2D eigenvalue weighted by atomic mass is 19.4. The first kappa shape index (κ1) is 23.1. The van der Waals surface area contributed by atoms with Gasteiger partial charge in [0.2, 0.25) is 0 Å². The van der Waals surface area contributed by atoms with Gasteiger partial charge >= 0.3 is 12.2 Å². The number of tetrazole rings is 1. The zero-order valence-corrected chi connectivity index (χ0v) is 18.4. The van der Waals surface area contributed by atoms with Crippen LogP contribution in [0.4, 0.5) is 23.7 Å². The van der Waals surface area contributed by atoms with Crippen LogP contribution in [-0.4, -0.2) is 64.8 Å². The number of nitrogens with zero attached hydrogens (tertiary/aromatic N) is 4. The van der Waals surface area contributed by atoms with Gasteiger partial charge in [0.15, 0.2) is 5.82 Å². The third-order valence-electron chi connectivity index (χ3n) is 5.93. The number of nitrogens with one attached hydrogen (secondary N) is 2. The number of urea groups is 1. The van der Waals surface area contributed by atoms with Gasteiger partial charge in [-0.05, 0) is 40.8 Å². The predicted molar refractivity (Wildman–Crippen MR) is 116 cm³/mol. The average Bonchev–Trinajstić information content (AvgIpc) is 3.56. The van der Waals surface area contributed by atoms with Crippen LogP contribution in [0.25, 0.3) is 11.4 Å². The van der Waals surface area contributed by atoms with Crippen LogP contribution in [-0.2, 0) is 15.7 Å². The van der Waals surface area contributed by atoms with Gasteiger partial charge < -0.3 is 24.8 Å². The SMILES string of the molecule is COc1cccc(-c2nnnn2C2COC3C(NC(=O)Nc4cccc(C(F)(F)F)c4)COC32)c1. The van der Waals surface area contributed by atoms with Crippen molar-refractivity contribution >= 4 is 11.7 Å². The molecule has 2 aliphatic rings. The lowest BCUT2D eigenvalue weighted by atomic mass is 10.1. The summed E-state index contributed by atoms with van der Waals surface area (Å²) in [5.74, 6) is 1.17. The molecule has 4 atom stereocenters. The van der Waals surface area contributed by atoms with Crippen molar-refractivity contribution in [1.29, 1.82) is 0 Å². The Balaban J connectivity index is 1.26. The highest BCUT2D eigenvalue weighted by molar-refractivity contribution is 5.89. The van der Waals surface area contributed by atoms with Crippen molar-refractivity contribution in [2.75, 3.05) is 25.6 Å². The van der Waals surface area contributed by atoms with Gasteiger partial charge in [-0.3, -0.25) is 0 Å². The number of halogens is 3. The van der Waals surface area contributed by atoms with Crippen LogP contribution in [0.3, 0.4) is 0 Å². The highest BCUT2D eigenvalue weighted by Gasteiger charge is 2.50. The van der Waals surface area contributed by atoms with E-state index in [-0.39, 0.29) is 24.9 Å². The van der Waals surface area contributed by atoms with E-state index in [1.807, 2.05) is 24.3 Å². The molecular formula is C22H21F3N6O4. The lowest BCUT2D eigenvalue weighted by molar-refractivity contribution is -0.137. The molecule has 0 spiro atoms. The molecule has 0 radical (unpaired) electrons. The van der Waals surface area contributed by atoms with Gasteiger partial charge in [0.05, 0.1) is 31.9 Å². The fourth-order valence-electron chi connectivity index (χ4n) is 4.29. The van der Waals surface area contributed by atoms with Crippen molar-refractivity contribution < 1.29 is 32.2 Å². The van der Waals surface area contributed by atoms with Gasteiger partial charge in [-0.25, -0.2) is 9.48 Å².